The summed E-state index contributed by atoms with van der Waals surface area (Å²) in [6.07, 6.45) is 0.639. The predicted molar refractivity (Wildman–Crippen MR) is 72.4 cm³/mol. The monoisotopic (exact) mass is 247 g/mol. The van der Waals surface area contributed by atoms with Gasteiger partial charge >= 0.3 is 0 Å². The molecule has 0 fully saturated rings. The van der Waals surface area contributed by atoms with E-state index in [4.69, 9.17) is 5.11 Å². The van der Waals surface area contributed by atoms with Crippen LogP contribution in [-0.4, -0.2) is 16.7 Å². The van der Waals surface area contributed by atoms with Crippen molar-refractivity contribution in [3.63, 3.8) is 0 Å². The van der Waals surface area contributed by atoms with Crippen molar-refractivity contribution in [1.82, 2.24) is 4.98 Å². The van der Waals surface area contributed by atoms with Crippen molar-refractivity contribution in [2.24, 2.45) is 0 Å². The first-order valence-electron chi connectivity index (χ1n) is 5.86. The molecule has 0 amide bonds. The molecule has 0 saturated heterocycles. The van der Waals surface area contributed by atoms with E-state index >= 15 is 0 Å². The molecule has 2 nitrogen and oxygen atoms in total. The van der Waals surface area contributed by atoms with Gasteiger partial charge in [0, 0.05) is 24.0 Å². The molecule has 1 heterocycles. The first-order valence-corrected chi connectivity index (χ1v) is 6.74. The summed E-state index contributed by atoms with van der Waals surface area (Å²) in [4.78, 5) is 4.50. The Morgan fingerprint density at radius 1 is 1.24 bits per heavy atom. The van der Waals surface area contributed by atoms with Crippen LogP contribution in [0.15, 0.2) is 29.6 Å². The van der Waals surface area contributed by atoms with Crippen molar-refractivity contribution >= 4 is 11.3 Å². The number of aliphatic hydroxyl groups excluding tert-OH is 1. The number of benzene rings is 1. The molecule has 0 spiro atoms. The summed E-state index contributed by atoms with van der Waals surface area (Å²) >= 11 is 1.63. The van der Waals surface area contributed by atoms with E-state index in [-0.39, 0.29) is 6.61 Å². The fraction of sp³-hybridized carbons (Fsp3) is 0.357. The third-order valence-electron chi connectivity index (χ3n) is 2.74. The Bertz CT molecular complexity index is 473. The molecule has 0 atom stereocenters. The molecule has 0 saturated carbocycles. The van der Waals surface area contributed by atoms with E-state index in [0.29, 0.717) is 12.3 Å². The molecule has 2 aromatic rings. The number of hydrogen-bond donors (Lipinski definition) is 1. The van der Waals surface area contributed by atoms with Crippen LogP contribution in [0.4, 0.5) is 0 Å². The highest BCUT2D eigenvalue weighted by molar-refractivity contribution is 7.13. The SMILES string of the molecule is CC(C)c1ccc(-c2nc(CCO)cs2)cc1. The summed E-state index contributed by atoms with van der Waals surface area (Å²) in [5, 5.41) is 11.9. The number of thiazole rings is 1. The summed E-state index contributed by atoms with van der Waals surface area (Å²) in [6, 6.07) is 8.56. The van der Waals surface area contributed by atoms with Crippen LogP contribution >= 0.6 is 11.3 Å². The number of aliphatic hydroxyl groups is 1. The van der Waals surface area contributed by atoms with Crippen molar-refractivity contribution in [3.05, 3.63) is 40.9 Å². The average Bonchev–Trinajstić information content (AvgIpc) is 2.78. The molecule has 0 radical (unpaired) electrons. The molecular formula is C14H17NOS. The Balaban J connectivity index is 2.21. The molecule has 1 aromatic heterocycles. The van der Waals surface area contributed by atoms with Gasteiger partial charge in [-0.05, 0) is 11.5 Å². The highest BCUT2D eigenvalue weighted by Crippen LogP contribution is 2.25. The first-order chi connectivity index (χ1) is 8.20. The van der Waals surface area contributed by atoms with Gasteiger partial charge in [0.05, 0.1) is 5.69 Å². The minimum absolute atomic E-state index is 0.162. The van der Waals surface area contributed by atoms with Crippen molar-refractivity contribution in [2.75, 3.05) is 6.61 Å². The van der Waals surface area contributed by atoms with Crippen LogP contribution in [-0.2, 0) is 6.42 Å². The fourth-order valence-electron chi connectivity index (χ4n) is 1.68. The highest BCUT2D eigenvalue weighted by Gasteiger charge is 2.05. The van der Waals surface area contributed by atoms with Crippen molar-refractivity contribution < 1.29 is 5.11 Å². The zero-order valence-electron chi connectivity index (χ0n) is 10.2. The van der Waals surface area contributed by atoms with Gasteiger partial charge in [-0.1, -0.05) is 38.1 Å². The van der Waals surface area contributed by atoms with Crippen molar-refractivity contribution in [2.45, 2.75) is 26.2 Å². The zero-order valence-corrected chi connectivity index (χ0v) is 11.0. The standard InChI is InChI=1S/C14H17NOS/c1-10(2)11-3-5-12(6-4-11)14-15-13(7-8-16)9-17-14/h3-6,9-10,16H,7-8H2,1-2H3. The lowest BCUT2D eigenvalue weighted by Gasteiger charge is -2.05. The smallest absolute Gasteiger partial charge is 0.123 e. The predicted octanol–water partition coefficient (Wildman–Crippen LogP) is 3.47. The minimum Gasteiger partial charge on any atom is -0.396 e. The zero-order chi connectivity index (χ0) is 12.3. The maximum Gasteiger partial charge on any atom is 0.123 e. The molecule has 0 unspecified atom stereocenters. The summed E-state index contributed by atoms with van der Waals surface area (Å²) in [6.45, 7) is 4.55. The molecule has 90 valence electrons. The molecular weight excluding hydrogens is 230 g/mol. The van der Waals surface area contributed by atoms with E-state index in [9.17, 15) is 0 Å². The van der Waals surface area contributed by atoms with Gasteiger partial charge in [-0.3, -0.25) is 0 Å². The van der Waals surface area contributed by atoms with Crippen LogP contribution in [0.25, 0.3) is 10.6 Å². The number of rotatable bonds is 4. The third kappa shape index (κ3) is 2.93. The van der Waals surface area contributed by atoms with Crippen LogP contribution in [0.3, 0.4) is 0 Å². The molecule has 17 heavy (non-hydrogen) atoms. The Morgan fingerprint density at radius 2 is 1.94 bits per heavy atom. The molecule has 0 aliphatic heterocycles. The van der Waals surface area contributed by atoms with Gasteiger partial charge in [-0.2, -0.15) is 0 Å². The summed E-state index contributed by atoms with van der Waals surface area (Å²) in [5.74, 6) is 0.560. The maximum absolute atomic E-state index is 8.86. The van der Waals surface area contributed by atoms with Crippen molar-refractivity contribution in [1.29, 1.82) is 0 Å². The highest BCUT2D eigenvalue weighted by atomic mass is 32.1. The lowest BCUT2D eigenvalue weighted by Crippen LogP contribution is -1.90. The number of nitrogens with zero attached hydrogens (tertiary/aromatic N) is 1. The molecule has 0 aliphatic rings. The first kappa shape index (κ1) is 12.3. The minimum atomic E-state index is 0.162. The van der Waals surface area contributed by atoms with E-state index in [0.717, 1.165) is 16.3 Å². The van der Waals surface area contributed by atoms with Crippen LogP contribution in [0, 0.1) is 0 Å². The van der Waals surface area contributed by atoms with Gasteiger partial charge in [-0.15, -0.1) is 11.3 Å². The quantitative estimate of drug-likeness (QED) is 0.897. The van der Waals surface area contributed by atoms with Gasteiger partial charge < -0.3 is 5.11 Å². The Hall–Kier alpha value is -1.19. The second-order valence-electron chi connectivity index (χ2n) is 4.39. The van der Waals surface area contributed by atoms with E-state index < -0.39 is 0 Å². The van der Waals surface area contributed by atoms with Crippen LogP contribution in [0.2, 0.25) is 0 Å². The van der Waals surface area contributed by atoms with E-state index in [1.807, 2.05) is 5.38 Å². The Morgan fingerprint density at radius 3 is 2.53 bits per heavy atom. The second-order valence-corrected chi connectivity index (χ2v) is 5.25. The van der Waals surface area contributed by atoms with Crippen LogP contribution in [0.5, 0.6) is 0 Å². The van der Waals surface area contributed by atoms with Gasteiger partial charge in [0.25, 0.3) is 0 Å². The van der Waals surface area contributed by atoms with E-state index in [2.05, 4.69) is 43.1 Å². The van der Waals surface area contributed by atoms with E-state index in [1.54, 1.807) is 11.3 Å². The van der Waals surface area contributed by atoms with Crippen LogP contribution < -0.4 is 0 Å². The summed E-state index contributed by atoms with van der Waals surface area (Å²) in [5.41, 5.74) is 3.48. The molecule has 2 rings (SSSR count). The number of aromatic nitrogens is 1. The third-order valence-corrected chi connectivity index (χ3v) is 3.68. The summed E-state index contributed by atoms with van der Waals surface area (Å²) in [7, 11) is 0. The topological polar surface area (TPSA) is 33.1 Å². The Kier molecular flexibility index (Phi) is 3.92. The van der Waals surface area contributed by atoms with Crippen LogP contribution in [0.1, 0.15) is 31.0 Å². The molecule has 0 bridgehead atoms. The van der Waals surface area contributed by atoms with Crippen molar-refractivity contribution in [3.8, 4) is 10.6 Å². The maximum atomic E-state index is 8.86. The van der Waals surface area contributed by atoms with E-state index in [1.165, 1.54) is 5.56 Å². The lowest BCUT2D eigenvalue weighted by molar-refractivity contribution is 0.298. The molecule has 1 aromatic carbocycles. The van der Waals surface area contributed by atoms with Gasteiger partial charge in [0.15, 0.2) is 0 Å². The van der Waals surface area contributed by atoms with Gasteiger partial charge in [0.1, 0.15) is 5.01 Å². The molecule has 3 heteroatoms. The number of hydrogen-bond acceptors (Lipinski definition) is 3. The molecule has 1 N–H and O–H groups in total. The summed E-state index contributed by atoms with van der Waals surface area (Å²) < 4.78 is 0. The largest absolute Gasteiger partial charge is 0.396 e. The fourth-order valence-corrected chi connectivity index (χ4v) is 2.54. The normalized spacial score (nSPS) is 11.1. The Labute approximate surface area is 106 Å². The average molecular weight is 247 g/mol. The van der Waals surface area contributed by atoms with Gasteiger partial charge in [0.2, 0.25) is 0 Å². The lowest BCUT2D eigenvalue weighted by atomic mass is 10.0. The molecule has 0 aliphatic carbocycles. The second kappa shape index (κ2) is 5.43. The van der Waals surface area contributed by atoms with Gasteiger partial charge in [-0.25, -0.2) is 4.98 Å².